The molecule has 2 aromatic rings. The number of aromatic carboxylic acids is 1. The van der Waals surface area contributed by atoms with E-state index in [1.807, 2.05) is 12.1 Å². The number of aliphatic hydroxyl groups excluding tert-OH is 1. The van der Waals surface area contributed by atoms with Crippen molar-refractivity contribution in [2.24, 2.45) is 17.0 Å². The van der Waals surface area contributed by atoms with Gasteiger partial charge in [-0.3, -0.25) is 5.14 Å². The first-order valence-electron chi connectivity index (χ1n) is 13.6. The summed E-state index contributed by atoms with van der Waals surface area (Å²) >= 11 is 7.69. The van der Waals surface area contributed by atoms with Crippen LogP contribution in [0.15, 0.2) is 48.6 Å². The number of aryl methyl sites for hydroxylation is 1. The molecule has 0 saturated heterocycles. The van der Waals surface area contributed by atoms with Crippen LogP contribution >= 0.6 is 23.5 Å². The third-order valence-electron chi connectivity index (χ3n) is 7.83. The fourth-order valence-corrected chi connectivity index (χ4v) is 6.19. The third kappa shape index (κ3) is 7.06. The number of carbonyl (C=O) groups is 1. The van der Waals surface area contributed by atoms with E-state index in [9.17, 15) is 15.0 Å². The quantitative estimate of drug-likeness (QED) is 0.160. The van der Waals surface area contributed by atoms with Crippen molar-refractivity contribution in [2.45, 2.75) is 57.5 Å². The Morgan fingerprint density at radius 2 is 2.13 bits per heavy atom. The van der Waals surface area contributed by atoms with Crippen molar-refractivity contribution < 1.29 is 19.7 Å². The molecule has 0 amide bonds. The summed E-state index contributed by atoms with van der Waals surface area (Å²) in [5, 5.41) is 26.8. The molecule has 38 heavy (non-hydrogen) atoms. The fraction of sp³-hybridized carbons (Fsp3) is 0.500. The summed E-state index contributed by atoms with van der Waals surface area (Å²) in [5.41, 5.74) is 3.53. The Hall–Kier alpha value is -2.19. The van der Waals surface area contributed by atoms with Crippen molar-refractivity contribution in [3.8, 4) is 5.75 Å². The molecule has 1 saturated carbocycles. The number of ether oxygens (including phenoxy) is 1. The average Bonchev–Trinajstić information content (AvgIpc) is 3.06. The summed E-state index contributed by atoms with van der Waals surface area (Å²) < 4.78 is 6.30. The molecule has 0 aromatic heterocycles. The van der Waals surface area contributed by atoms with E-state index in [4.69, 9.17) is 21.5 Å². The van der Waals surface area contributed by atoms with E-state index in [0.29, 0.717) is 24.8 Å². The third-order valence-corrected chi connectivity index (χ3v) is 8.59. The van der Waals surface area contributed by atoms with Crippen LogP contribution in [0.3, 0.4) is 0 Å². The van der Waals surface area contributed by atoms with Crippen LogP contribution in [-0.2, 0) is 6.42 Å². The van der Waals surface area contributed by atoms with Gasteiger partial charge in [-0.05, 0) is 85.4 Å². The van der Waals surface area contributed by atoms with Crippen molar-refractivity contribution in [1.82, 2.24) is 0 Å². The predicted octanol–water partition coefficient (Wildman–Crippen LogP) is 6.30. The number of hydrogen-bond acceptors (Lipinski definition) is 6. The minimum Gasteiger partial charge on any atom is -0.491 e. The van der Waals surface area contributed by atoms with Gasteiger partial charge < -0.3 is 19.8 Å². The predicted molar refractivity (Wildman–Crippen MR) is 157 cm³/mol. The van der Waals surface area contributed by atoms with Crippen LogP contribution in [0.5, 0.6) is 5.75 Å². The number of benzene rings is 2. The monoisotopic (exact) mass is 558 g/mol. The molecule has 4 N–H and O–H groups in total. The molecule has 2 aliphatic rings. The number of halogens is 1. The number of fused-ring (bicyclic) bond motifs is 1. The van der Waals surface area contributed by atoms with Crippen LogP contribution in [0.25, 0.3) is 0 Å². The van der Waals surface area contributed by atoms with E-state index in [0.717, 1.165) is 61.5 Å². The van der Waals surface area contributed by atoms with Crippen molar-refractivity contribution >= 4 is 35.2 Å². The molecule has 1 aliphatic heterocycles. The maximum Gasteiger partial charge on any atom is 0.335 e. The van der Waals surface area contributed by atoms with Crippen LogP contribution in [-0.4, -0.2) is 47.7 Å². The number of nitrogens with two attached hydrogens (primary N) is 1. The van der Waals surface area contributed by atoms with E-state index in [2.05, 4.69) is 30.0 Å². The minimum atomic E-state index is -0.952. The number of anilines is 1. The van der Waals surface area contributed by atoms with E-state index in [-0.39, 0.29) is 17.4 Å². The number of aliphatic hydroxyl groups is 1. The molecule has 0 spiro atoms. The molecule has 4 unspecified atom stereocenters. The van der Waals surface area contributed by atoms with Gasteiger partial charge in [0.25, 0.3) is 0 Å². The van der Waals surface area contributed by atoms with Crippen molar-refractivity contribution in [3.05, 3.63) is 70.3 Å². The van der Waals surface area contributed by atoms with Gasteiger partial charge in [-0.15, -0.1) is 0 Å². The molecular formula is C30H39ClN2O4S. The van der Waals surface area contributed by atoms with E-state index in [1.165, 1.54) is 23.1 Å². The number of carboxylic acid groups (broad SMARTS) is 1. The summed E-state index contributed by atoms with van der Waals surface area (Å²) in [4.78, 5) is 14.1. The molecule has 0 bridgehead atoms. The molecule has 4 rings (SSSR count). The number of allylic oxidation sites excluding steroid dienone is 1. The Morgan fingerprint density at radius 1 is 1.29 bits per heavy atom. The summed E-state index contributed by atoms with van der Waals surface area (Å²) in [6.45, 7) is 4.12. The van der Waals surface area contributed by atoms with Crippen molar-refractivity contribution in [1.29, 1.82) is 0 Å². The molecule has 0 radical (unpaired) electrons. The van der Waals surface area contributed by atoms with Gasteiger partial charge in [0.05, 0.1) is 24.0 Å². The minimum absolute atomic E-state index is 0.109. The van der Waals surface area contributed by atoms with Crippen LogP contribution in [0.2, 0.25) is 5.02 Å². The van der Waals surface area contributed by atoms with Crippen molar-refractivity contribution in [3.63, 3.8) is 0 Å². The lowest BCUT2D eigenvalue weighted by Crippen LogP contribution is -2.44. The molecule has 206 valence electrons. The van der Waals surface area contributed by atoms with E-state index < -0.39 is 12.1 Å². The second kappa shape index (κ2) is 13.7. The number of unbranched alkanes of at least 4 members (excludes halogenated alkanes) is 1. The molecule has 6 nitrogen and oxygen atoms in total. The Labute approximate surface area is 235 Å². The lowest BCUT2D eigenvalue weighted by molar-refractivity contribution is 0.0461. The van der Waals surface area contributed by atoms with E-state index in [1.54, 1.807) is 18.2 Å². The highest BCUT2D eigenvalue weighted by Gasteiger charge is 2.38. The first-order valence-corrected chi connectivity index (χ1v) is 15.0. The Balaban J connectivity index is 1.57. The summed E-state index contributed by atoms with van der Waals surface area (Å²) in [6.07, 6.45) is 9.43. The summed E-state index contributed by atoms with van der Waals surface area (Å²) in [5.74, 6) is 1.28. The maximum absolute atomic E-state index is 11.8. The van der Waals surface area contributed by atoms with Crippen LogP contribution < -0.4 is 14.8 Å². The molecule has 1 aliphatic carbocycles. The number of nitrogens with zero attached hydrogens (tertiary/aromatic N) is 1. The van der Waals surface area contributed by atoms with Gasteiger partial charge in [0.1, 0.15) is 5.75 Å². The van der Waals surface area contributed by atoms with Gasteiger partial charge in [-0.2, -0.15) is 0 Å². The topological polar surface area (TPSA) is 96.0 Å². The zero-order valence-corrected chi connectivity index (χ0v) is 23.6. The molecule has 1 heterocycles. The first kappa shape index (κ1) is 28.8. The fourth-order valence-electron chi connectivity index (χ4n) is 5.66. The first-order chi connectivity index (χ1) is 18.4. The largest absolute Gasteiger partial charge is 0.491 e. The van der Waals surface area contributed by atoms with Gasteiger partial charge in [-0.1, -0.05) is 55.1 Å². The van der Waals surface area contributed by atoms with Crippen LogP contribution in [0, 0.1) is 11.8 Å². The van der Waals surface area contributed by atoms with Crippen LogP contribution in [0.4, 0.5) is 5.69 Å². The van der Waals surface area contributed by atoms with Gasteiger partial charge >= 0.3 is 5.97 Å². The molecular weight excluding hydrogens is 520 g/mol. The second-order valence-electron chi connectivity index (χ2n) is 10.4. The van der Waals surface area contributed by atoms with Gasteiger partial charge in [0.15, 0.2) is 0 Å². The number of carboxylic acids is 1. The molecule has 1 fully saturated rings. The molecule has 8 heteroatoms. The average molecular weight is 559 g/mol. The van der Waals surface area contributed by atoms with Gasteiger partial charge in [-0.25, -0.2) is 4.79 Å². The molecule has 4 atom stereocenters. The lowest BCUT2D eigenvalue weighted by Gasteiger charge is -2.42. The Morgan fingerprint density at radius 3 is 2.84 bits per heavy atom. The highest BCUT2D eigenvalue weighted by Crippen LogP contribution is 2.42. The summed E-state index contributed by atoms with van der Waals surface area (Å²) in [6, 6.07) is 11.2. The van der Waals surface area contributed by atoms with Crippen molar-refractivity contribution in [2.75, 3.05) is 30.3 Å². The highest BCUT2D eigenvalue weighted by atomic mass is 35.5. The highest BCUT2D eigenvalue weighted by molar-refractivity contribution is 7.97. The van der Waals surface area contributed by atoms with Gasteiger partial charge in [0.2, 0.25) is 0 Å². The summed E-state index contributed by atoms with van der Waals surface area (Å²) in [7, 11) is 0. The zero-order chi connectivity index (χ0) is 27.1. The standard InChI is InChI=1S/C30H39ClN2O4S/c1-2-6-20-15-24(31)10-12-25(20)23-18-33(27-16-21(30(35)36)9-13-29(27)37-19-23)17-22-8-11-26(22)28(34)7-4-3-5-14-38-32/h4,7,9-10,12-13,15-16,22-23,26,28,34H,2-3,5-6,8,11,14,17-19,32H2,1H3,(H,35,36)/b7-4+. The number of rotatable bonds is 12. The van der Waals surface area contributed by atoms with Crippen LogP contribution in [0.1, 0.15) is 66.4 Å². The number of hydrogen-bond donors (Lipinski definition) is 3. The maximum atomic E-state index is 11.8. The van der Waals surface area contributed by atoms with E-state index >= 15 is 0 Å². The second-order valence-corrected chi connectivity index (χ2v) is 11.6. The Kier molecular flexibility index (Phi) is 10.4. The van der Waals surface area contributed by atoms with Gasteiger partial charge in [0, 0.05) is 29.8 Å². The lowest BCUT2D eigenvalue weighted by atomic mass is 9.70. The normalized spacial score (nSPS) is 21.9. The smallest absolute Gasteiger partial charge is 0.335 e. The molecule has 2 aromatic carbocycles. The Bertz CT molecular complexity index is 1130. The zero-order valence-electron chi connectivity index (χ0n) is 22.0. The SMILES string of the molecule is CCCc1cc(Cl)ccc1C1COc2ccc(C(=O)O)cc2N(CC2CCC2C(O)/C=C/CCCSN)C1.